The van der Waals surface area contributed by atoms with E-state index in [0.29, 0.717) is 17.4 Å². The van der Waals surface area contributed by atoms with Gasteiger partial charge in [-0.1, -0.05) is 317 Å². The number of hydrogen-bond donors (Lipinski definition) is 3. The molecule has 0 aliphatic carbocycles. The first-order valence-corrected chi connectivity index (χ1v) is 35.6. The van der Waals surface area contributed by atoms with Crippen molar-refractivity contribution < 1.29 is 32.9 Å². The summed E-state index contributed by atoms with van der Waals surface area (Å²) in [6.45, 7) is 4.73. The van der Waals surface area contributed by atoms with Gasteiger partial charge in [0.1, 0.15) is 13.2 Å². The van der Waals surface area contributed by atoms with E-state index in [1.54, 1.807) is 6.08 Å². The minimum Gasteiger partial charge on any atom is -0.387 e. The normalized spacial score (nSPS) is 14.3. The molecule has 0 spiro atoms. The van der Waals surface area contributed by atoms with Crippen molar-refractivity contribution in [1.82, 2.24) is 5.32 Å². The van der Waals surface area contributed by atoms with Crippen molar-refractivity contribution in [2.75, 3.05) is 40.9 Å². The van der Waals surface area contributed by atoms with Crippen LogP contribution in [0.2, 0.25) is 0 Å². The number of hydrogen-bond acceptors (Lipinski definition) is 5. The zero-order valence-corrected chi connectivity index (χ0v) is 54.6. The molecule has 0 fully saturated rings. The number of carbonyl (C=O) groups excluding carboxylic acids is 1. The molecule has 3 N–H and O–H groups in total. The number of aliphatic hydroxyl groups excluding tert-OH is 1. The Bertz CT molecular complexity index is 1640. The van der Waals surface area contributed by atoms with Crippen molar-refractivity contribution in [3.05, 3.63) is 97.2 Å². The molecule has 3 unspecified atom stereocenters. The lowest BCUT2D eigenvalue weighted by Crippen LogP contribution is -2.45. The van der Waals surface area contributed by atoms with E-state index in [2.05, 4.69) is 104 Å². The van der Waals surface area contributed by atoms with Gasteiger partial charge in [0.2, 0.25) is 5.91 Å². The summed E-state index contributed by atoms with van der Waals surface area (Å²) in [5, 5.41) is 14.0. The average Bonchev–Trinajstić information content (AvgIpc) is 3.43. The molecular weight excluding hydrogens is 1020 g/mol. The van der Waals surface area contributed by atoms with E-state index in [0.717, 1.165) is 83.5 Å². The van der Waals surface area contributed by atoms with Gasteiger partial charge in [-0.2, -0.15) is 0 Å². The lowest BCUT2D eigenvalue weighted by Gasteiger charge is -2.25. The van der Waals surface area contributed by atoms with Gasteiger partial charge < -0.3 is 19.8 Å². The van der Waals surface area contributed by atoms with Crippen LogP contribution in [0.15, 0.2) is 97.2 Å². The van der Waals surface area contributed by atoms with Gasteiger partial charge in [-0.05, 0) is 77.0 Å². The fourth-order valence-corrected chi connectivity index (χ4v) is 10.5. The van der Waals surface area contributed by atoms with Gasteiger partial charge in [-0.15, -0.1) is 0 Å². The van der Waals surface area contributed by atoms with Crippen molar-refractivity contribution in [1.29, 1.82) is 0 Å². The number of nitrogens with one attached hydrogen (secondary N) is 1. The number of amides is 1. The predicted octanol–water partition coefficient (Wildman–Crippen LogP) is 21.7. The van der Waals surface area contributed by atoms with Crippen molar-refractivity contribution in [2.45, 2.75) is 315 Å². The standard InChI is InChI=1S/C72H131N2O6P/c1-6-8-10-12-14-16-18-20-22-24-26-28-30-32-33-34-35-36-37-38-39-40-41-42-44-46-48-50-52-54-56-58-60-62-64-66-72(76)73-70(69-80-81(77,78)79-68-67-74(3,4)5)71(75)65-63-61-59-57-55-53-51-49-47-45-43-31-29-27-25-23-21-19-17-15-13-11-9-7-2/h8,10,14,16,20,22,26,28,32-33,35-36,38-39,63,65,70-71,75H,6-7,9,11-13,15,17-19,21,23-25,27,29-31,34,37,40-62,64,66-69H2,1-5H3,(H-,73,76,77,78)/p+1/b10-8-,16-14-,22-20-,28-26-,33-32-,36-35-,39-38-,65-63+. The summed E-state index contributed by atoms with van der Waals surface area (Å²) in [5.41, 5.74) is 0. The van der Waals surface area contributed by atoms with Crippen LogP contribution in [0.5, 0.6) is 0 Å². The van der Waals surface area contributed by atoms with Crippen LogP contribution >= 0.6 is 7.82 Å². The van der Waals surface area contributed by atoms with E-state index in [9.17, 15) is 19.4 Å². The zero-order valence-electron chi connectivity index (χ0n) is 53.8. The molecule has 0 saturated carbocycles. The van der Waals surface area contributed by atoms with Gasteiger partial charge >= 0.3 is 7.82 Å². The van der Waals surface area contributed by atoms with Crippen molar-refractivity contribution >= 4 is 13.7 Å². The highest BCUT2D eigenvalue weighted by molar-refractivity contribution is 7.47. The maximum atomic E-state index is 13.0. The summed E-state index contributed by atoms with van der Waals surface area (Å²) >= 11 is 0. The average molecular weight is 1150 g/mol. The number of unbranched alkanes of at least 4 members (excludes halogenated alkanes) is 35. The van der Waals surface area contributed by atoms with Crippen molar-refractivity contribution in [2.24, 2.45) is 0 Å². The summed E-state index contributed by atoms with van der Waals surface area (Å²) < 4.78 is 23.8. The number of allylic oxidation sites excluding steroid dienone is 15. The Morgan fingerprint density at radius 2 is 0.741 bits per heavy atom. The second kappa shape index (κ2) is 62.0. The van der Waals surface area contributed by atoms with E-state index in [4.69, 9.17) is 9.05 Å². The number of nitrogens with zero attached hydrogens (tertiary/aromatic N) is 1. The molecular formula is C72H132N2O6P+. The number of rotatable bonds is 62. The Labute approximate surface area is 502 Å². The zero-order chi connectivity index (χ0) is 59.1. The smallest absolute Gasteiger partial charge is 0.387 e. The van der Waals surface area contributed by atoms with Crippen LogP contribution < -0.4 is 5.32 Å². The molecule has 0 rings (SSSR count). The molecule has 8 nitrogen and oxygen atoms in total. The predicted molar refractivity (Wildman–Crippen MR) is 355 cm³/mol. The Morgan fingerprint density at radius 1 is 0.432 bits per heavy atom. The molecule has 0 saturated heterocycles. The van der Waals surface area contributed by atoms with Gasteiger partial charge in [-0.25, -0.2) is 4.57 Å². The Balaban J connectivity index is 4.10. The monoisotopic (exact) mass is 1150 g/mol. The maximum absolute atomic E-state index is 13.0. The lowest BCUT2D eigenvalue weighted by atomic mass is 10.0. The van der Waals surface area contributed by atoms with Gasteiger partial charge in [0.05, 0.1) is 39.9 Å². The molecule has 0 aromatic rings. The number of likely N-dealkylation sites (N-methyl/N-ethyl adjacent to an activating group) is 1. The molecule has 0 radical (unpaired) electrons. The first kappa shape index (κ1) is 78.4. The van der Waals surface area contributed by atoms with E-state index in [1.165, 1.54) is 199 Å². The molecule has 3 atom stereocenters. The van der Waals surface area contributed by atoms with Gasteiger partial charge in [0.25, 0.3) is 0 Å². The quantitative estimate of drug-likeness (QED) is 0.0243. The first-order chi connectivity index (χ1) is 39.5. The molecule has 470 valence electrons. The van der Waals surface area contributed by atoms with Crippen LogP contribution in [0, 0.1) is 0 Å². The highest BCUT2D eigenvalue weighted by Crippen LogP contribution is 2.43. The molecule has 81 heavy (non-hydrogen) atoms. The minimum atomic E-state index is -4.36. The molecule has 0 aromatic heterocycles. The molecule has 0 aliphatic heterocycles. The summed E-state index contributed by atoms with van der Waals surface area (Å²) in [6, 6.07) is -0.854. The van der Waals surface area contributed by atoms with Gasteiger partial charge in [-0.3, -0.25) is 13.8 Å². The summed E-state index contributed by atoms with van der Waals surface area (Å²) in [7, 11) is 1.57. The van der Waals surface area contributed by atoms with Crippen LogP contribution in [0.3, 0.4) is 0 Å². The number of phosphoric ester groups is 1. The lowest BCUT2D eigenvalue weighted by molar-refractivity contribution is -0.870. The fraction of sp³-hybridized carbons (Fsp3) is 0.764. The molecule has 0 bridgehead atoms. The molecule has 0 aromatic carbocycles. The van der Waals surface area contributed by atoms with Crippen molar-refractivity contribution in [3.8, 4) is 0 Å². The van der Waals surface area contributed by atoms with Crippen LogP contribution in [0.1, 0.15) is 303 Å². The summed E-state index contributed by atoms with van der Waals surface area (Å²) in [6.07, 6.45) is 89.6. The number of quaternary nitrogens is 1. The Hall–Kier alpha value is -2.58. The minimum absolute atomic E-state index is 0.0586. The molecule has 9 heteroatoms. The van der Waals surface area contributed by atoms with Crippen molar-refractivity contribution in [3.63, 3.8) is 0 Å². The second-order valence-corrected chi connectivity index (χ2v) is 25.6. The largest absolute Gasteiger partial charge is 0.472 e. The SMILES string of the molecule is CC/C=C\C/C=C\C/C=C\C/C=C\C/C=C\C/C=C\C/C=C\CCCCCCCCCCCCCCCC(=O)NC(COP(=O)(O)OCC[N+](C)(C)C)C(O)/C=C/CCCCCCCCCCCCCCCCCCCCCCCC. The first-order valence-electron chi connectivity index (χ1n) is 34.1. The molecule has 0 heterocycles. The fourth-order valence-electron chi connectivity index (χ4n) is 9.79. The Kier molecular flexibility index (Phi) is 60.0. The third kappa shape index (κ3) is 64.8. The van der Waals surface area contributed by atoms with Crippen LogP contribution in [0.25, 0.3) is 0 Å². The van der Waals surface area contributed by atoms with Gasteiger partial charge in [0, 0.05) is 6.42 Å². The maximum Gasteiger partial charge on any atom is 0.472 e. The number of phosphoric acid groups is 1. The summed E-state index contributed by atoms with van der Waals surface area (Å²) in [4.78, 5) is 23.4. The van der Waals surface area contributed by atoms with E-state index in [-0.39, 0.29) is 19.1 Å². The van der Waals surface area contributed by atoms with Crippen LogP contribution in [-0.4, -0.2) is 73.4 Å². The van der Waals surface area contributed by atoms with E-state index >= 15 is 0 Å². The third-order valence-electron chi connectivity index (χ3n) is 15.1. The third-order valence-corrected chi connectivity index (χ3v) is 16.0. The topological polar surface area (TPSA) is 105 Å². The Morgan fingerprint density at radius 3 is 1.09 bits per heavy atom. The van der Waals surface area contributed by atoms with Crippen LogP contribution in [-0.2, 0) is 18.4 Å². The molecule has 1 amide bonds. The van der Waals surface area contributed by atoms with Gasteiger partial charge in [0.15, 0.2) is 0 Å². The second-order valence-electron chi connectivity index (χ2n) is 24.2. The highest BCUT2D eigenvalue weighted by atomic mass is 31.2. The molecule has 0 aliphatic rings. The van der Waals surface area contributed by atoms with Crippen LogP contribution in [0.4, 0.5) is 0 Å². The van der Waals surface area contributed by atoms with E-state index in [1.807, 2.05) is 27.2 Å². The number of carbonyl (C=O) groups is 1. The highest BCUT2D eigenvalue weighted by Gasteiger charge is 2.28. The summed E-state index contributed by atoms with van der Waals surface area (Å²) in [5.74, 6) is -0.178. The number of aliphatic hydroxyl groups is 1. The van der Waals surface area contributed by atoms with E-state index < -0.39 is 20.0 Å².